The number of rotatable bonds is 5. The summed E-state index contributed by atoms with van der Waals surface area (Å²) in [5, 5.41) is 26.1. The number of hydrogen-bond acceptors (Lipinski definition) is 6. The smallest absolute Gasteiger partial charge is 0.0587 e. The third-order valence-electron chi connectivity index (χ3n) is 4.00. The third kappa shape index (κ3) is 3.55. The summed E-state index contributed by atoms with van der Waals surface area (Å²) in [5.41, 5.74) is 0. The summed E-state index contributed by atoms with van der Waals surface area (Å²) in [6, 6.07) is 0. The Bertz CT molecular complexity index is 228. The Morgan fingerprint density at radius 2 is 1.06 bits per heavy atom. The monoisotopic (exact) mass is 292 g/mol. The molecule has 2 aliphatic rings. The molecule has 0 atom stereocenters. The first-order valence-corrected chi connectivity index (χ1v) is 8.89. The molecule has 4 N–H and O–H groups in total. The maximum absolute atomic E-state index is 9.69. The molecule has 0 saturated carbocycles. The normalized spacial score (nSPS) is 27.0. The molecule has 0 aromatic heterocycles. The summed E-state index contributed by atoms with van der Waals surface area (Å²) in [5.74, 6) is 0. The van der Waals surface area contributed by atoms with Gasteiger partial charge in [0, 0.05) is 0 Å². The van der Waals surface area contributed by atoms with Crippen LogP contribution in [0.1, 0.15) is 25.7 Å². The van der Waals surface area contributed by atoms with Crippen LogP contribution in [0.4, 0.5) is 0 Å². The SMILES string of the molecule is OCC1(SSC2(CO)CCNCC2)CCNCC1. The van der Waals surface area contributed by atoms with Crippen molar-refractivity contribution in [1.82, 2.24) is 10.6 Å². The highest BCUT2D eigenvalue weighted by Crippen LogP contribution is 2.50. The highest BCUT2D eigenvalue weighted by molar-refractivity contribution is 8.77. The molecule has 0 unspecified atom stereocenters. The zero-order valence-electron chi connectivity index (χ0n) is 10.8. The lowest BCUT2D eigenvalue weighted by atomic mass is 9.98. The van der Waals surface area contributed by atoms with Crippen LogP contribution in [0.5, 0.6) is 0 Å². The molecule has 0 aromatic carbocycles. The highest BCUT2D eigenvalue weighted by Gasteiger charge is 2.38. The van der Waals surface area contributed by atoms with Gasteiger partial charge in [0.05, 0.1) is 22.7 Å². The molecule has 6 heteroatoms. The van der Waals surface area contributed by atoms with Crippen LogP contribution in [0.3, 0.4) is 0 Å². The number of piperidine rings is 2. The minimum Gasteiger partial charge on any atom is -0.395 e. The van der Waals surface area contributed by atoms with E-state index in [-0.39, 0.29) is 22.7 Å². The lowest BCUT2D eigenvalue weighted by Crippen LogP contribution is -2.44. The van der Waals surface area contributed by atoms with Crippen molar-refractivity contribution in [2.24, 2.45) is 0 Å². The van der Waals surface area contributed by atoms with Crippen molar-refractivity contribution in [1.29, 1.82) is 0 Å². The fraction of sp³-hybridized carbons (Fsp3) is 1.00. The summed E-state index contributed by atoms with van der Waals surface area (Å²) in [6.07, 6.45) is 4.06. The van der Waals surface area contributed by atoms with Gasteiger partial charge in [0.1, 0.15) is 0 Å². The first-order valence-electron chi connectivity index (χ1n) is 6.74. The molecular weight excluding hydrogens is 268 g/mol. The minimum absolute atomic E-state index is 0.0110. The Morgan fingerprint density at radius 3 is 1.33 bits per heavy atom. The van der Waals surface area contributed by atoms with Gasteiger partial charge in [0.25, 0.3) is 0 Å². The van der Waals surface area contributed by atoms with Crippen LogP contribution in [0, 0.1) is 0 Å². The molecule has 2 saturated heterocycles. The topological polar surface area (TPSA) is 64.5 Å². The Hall–Kier alpha value is 0.540. The second kappa shape index (κ2) is 6.81. The zero-order valence-corrected chi connectivity index (χ0v) is 12.4. The van der Waals surface area contributed by atoms with Crippen LogP contribution in [0.25, 0.3) is 0 Å². The lowest BCUT2D eigenvalue weighted by Gasteiger charge is -2.40. The van der Waals surface area contributed by atoms with E-state index < -0.39 is 0 Å². The van der Waals surface area contributed by atoms with Gasteiger partial charge >= 0.3 is 0 Å². The fourth-order valence-corrected chi connectivity index (χ4v) is 6.05. The lowest BCUT2D eigenvalue weighted by molar-refractivity contribution is 0.218. The van der Waals surface area contributed by atoms with Crippen molar-refractivity contribution >= 4 is 21.6 Å². The first-order chi connectivity index (χ1) is 8.74. The number of aliphatic hydroxyl groups excluding tert-OH is 2. The molecule has 0 radical (unpaired) electrons. The van der Waals surface area contributed by atoms with Gasteiger partial charge in [-0.2, -0.15) is 0 Å². The maximum Gasteiger partial charge on any atom is 0.0587 e. The summed E-state index contributed by atoms with van der Waals surface area (Å²) in [6.45, 7) is 4.44. The standard InChI is InChI=1S/C12H24N2O2S2/c15-9-11(1-5-13-6-2-11)17-18-12(10-16)3-7-14-8-4-12/h13-16H,1-10H2. The predicted molar refractivity (Wildman–Crippen MR) is 79.0 cm³/mol. The van der Waals surface area contributed by atoms with Crippen molar-refractivity contribution in [2.75, 3.05) is 39.4 Å². The van der Waals surface area contributed by atoms with Crippen LogP contribution in [0.2, 0.25) is 0 Å². The van der Waals surface area contributed by atoms with E-state index in [0.29, 0.717) is 0 Å². The van der Waals surface area contributed by atoms with E-state index in [9.17, 15) is 10.2 Å². The molecule has 0 bridgehead atoms. The van der Waals surface area contributed by atoms with Gasteiger partial charge in [-0.05, 0) is 51.9 Å². The molecule has 0 aromatic rings. The van der Waals surface area contributed by atoms with Crippen LogP contribution >= 0.6 is 21.6 Å². The van der Waals surface area contributed by atoms with Gasteiger partial charge < -0.3 is 20.8 Å². The molecule has 0 spiro atoms. The molecule has 0 amide bonds. The molecule has 2 rings (SSSR count). The van der Waals surface area contributed by atoms with Crippen molar-refractivity contribution in [3.05, 3.63) is 0 Å². The molecule has 18 heavy (non-hydrogen) atoms. The van der Waals surface area contributed by atoms with Gasteiger partial charge in [-0.1, -0.05) is 21.6 Å². The largest absolute Gasteiger partial charge is 0.395 e. The van der Waals surface area contributed by atoms with E-state index in [0.717, 1.165) is 51.9 Å². The molecule has 4 nitrogen and oxygen atoms in total. The number of nitrogens with one attached hydrogen (secondary N) is 2. The van der Waals surface area contributed by atoms with Crippen LogP contribution in [0.15, 0.2) is 0 Å². The predicted octanol–water partition coefficient (Wildman–Crippen LogP) is 0.597. The average molecular weight is 292 g/mol. The van der Waals surface area contributed by atoms with Gasteiger partial charge in [0.2, 0.25) is 0 Å². The molecule has 2 heterocycles. The van der Waals surface area contributed by atoms with E-state index in [1.54, 1.807) is 0 Å². The summed E-state index contributed by atoms with van der Waals surface area (Å²) >= 11 is 0. The summed E-state index contributed by atoms with van der Waals surface area (Å²) < 4.78 is -0.0219. The van der Waals surface area contributed by atoms with E-state index in [2.05, 4.69) is 10.6 Å². The molecule has 2 fully saturated rings. The van der Waals surface area contributed by atoms with E-state index in [1.807, 2.05) is 21.6 Å². The summed E-state index contributed by atoms with van der Waals surface area (Å²) in [4.78, 5) is 0. The van der Waals surface area contributed by atoms with Crippen LogP contribution < -0.4 is 10.6 Å². The molecule has 106 valence electrons. The van der Waals surface area contributed by atoms with E-state index in [1.165, 1.54) is 0 Å². The molecular formula is C12H24N2O2S2. The average Bonchev–Trinajstić information content (AvgIpc) is 2.47. The Morgan fingerprint density at radius 1 is 0.722 bits per heavy atom. The minimum atomic E-state index is -0.0110. The second-order valence-electron chi connectivity index (χ2n) is 5.35. The molecule has 0 aliphatic carbocycles. The number of hydrogen-bond donors (Lipinski definition) is 4. The third-order valence-corrected chi connectivity index (χ3v) is 8.24. The van der Waals surface area contributed by atoms with Crippen LogP contribution in [-0.4, -0.2) is 59.1 Å². The fourth-order valence-electron chi connectivity index (χ4n) is 2.48. The maximum atomic E-state index is 9.69. The van der Waals surface area contributed by atoms with Crippen molar-refractivity contribution < 1.29 is 10.2 Å². The van der Waals surface area contributed by atoms with Crippen molar-refractivity contribution in [2.45, 2.75) is 35.2 Å². The second-order valence-corrected chi connectivity index (χ2v) is 8.41. The van der Waals surface area contributed by atoms with Gasteiger partial charge in [-0.15, -0.1) is 0 Å². The van der Waals surface area contributed by atoms with Gasteiger partial charge in [-0.25, -0.2) is 0 Å². The van der Waals surface area contributed by atoms with Gasteiger partial charge in [0.15, 0.2) is 0 Å². The highest BCUT2D eigenvalue weighted by atomic mass is 33.1. The van der Waals surface area contributed by atoms with Crippen LogP contribution in [-0.2, 0) is 0 Å². The Balaban J connectivity index is 1.91. The van der Waals surface area contributed by atoms with Crippen molar-refractivity contribution in [3.63, 3.8) is 0 Å². The zero-order chi connectivity index (χ0) is 12.9. The quantitative estimate of drug-likeness (QED) is 0.557. The first kappa shape index (κ1) is 14.9. The van der Waals surface area contributed by atoms with Gasteiger partial charge in [-0.3, -0.25) is 0 Å². The Labute approximate surface area is 117 Å². The van der Waals surface area contributed by atoms with E-state index >= 15 is 0 Å². The summed E-state index contributed by atoms with van der Waals surface area (Å²) in [7, 11) is 3.63. The number of aliphatic hydroxyl groups is 2. The van der Waals surface area contributed by atoms with Crippen molar-refractivity contribution in [3.8, 4) is 0 Å². The molecule has 2 aliphatic heterocycles. The Kier molecular flexibility index (Phi) is 5.65. The van der Waals surface area contributed by atoms with E-state index in [4.69, 9.17) is 0 Å².